The summed E-state index contributed by atoms with van der Waals surface area (Å²) in [7, 11) is 0. The van der Waals surface area contributed by atoms with Gasteiger partial charge in [-0.05, 0) is 25.3 Å². The molecule has 0 aliphatic carbocycles. The Morgan fingerprint density at radius 1 is 1.44 bits per heavy atom. The van der Waals surface area contributed by atoms with Gasteiger partial charge in [0.05, 0.1) is 12.2 Å². The average molecular weight is 345 g/mol. The van der Waals surface area contributed by atoms with Gasteiger partial charge in [-0.1, -0.05) is 19.0 Å². The van der Waals surface area contributed by atoms with E-state index >= 15 is 0 Å². The first kappa shape index (κ1) is 17.3. The van der Waals surface area contributed by atoms with Crippen LogP contribution < -0.4 is 10.2 Å². The van der Waals surface area contributed by atoms with E-state index in [1.807, 2.05) is 18.7 Å². The Bertz CT molecular complexity index is 746. The minimum absolute atomic E-state index is 0.0819. The van der Waals surface area contributed by atoms with Crippen LogP contribution in [0.15, 0.2) is 23.0 Å². The number of aryl methyl sites for hydroxylation is 1. The molecule has 0 aromatic carbocycles. The summed E-state index contributed by atoms with van der Waals surface area (Å²) >= 11 is 0. The number of β-amino-alcohol motifs (C(OH)–C–C–N with tert-alkyl or cyclic N) is 1. The molecule has 2 aromatic rings. The summed E-state index contributed by atoms with van der Waals surface area (Å²) in [5.41, 5.74) is 0.0744. The molecule has 0 unspecified atom stereocenters. The normalized spacial score (nSPS) is 20.3. The third-order valence-corrected chi connectivity index (χ3v) is 4.41. The van der Waals surface area contributed by atoms with Crippen LogP contribution in [-0.2, 0) is 0 Å². The number of aliphatic hydroxyl groups is 1. The lowest BCUT2D eigenvalue weighted by Crippen LogP contribution is -2.45. The summed E-state index contributed by atoms with van der Waals surface area (Å²) in [4.78, 5) is 22.9. The molecule has 1 aliphatic heterocycles. The van der Waals surface area contributed by atoms with E-state index < -0.39 is 5.60 Å². The first-order chi connectivity index (χ1) is 11.9. The van der Waals surface area contributed by atoms with E-state index in [0.29, 0.717) is 42.5 Å². The fourth-order valence-corrected chi connectivity index (χ4v) is 3.02. The second-order valence-corrected chi connectivity index (χ2v) is 6.78. The van der Waals surface area contributed by atoms with Crippen molar-refractivity contribution < 1.29 is 14.4 Å². The third kappa shape index (κ3) is 3.63. The van der Waals surface area contributed by atoms with Crippen molar-refractivity contribution in [2.45, 2.75) is 38.7 Å². The van der Waals surface area contributed by atoms with Crippen molar-refractivity contribution in [3.8, 4) is 0 Å². The number of hydrogen-bond donors (Lipinski definition) is 2. The van der Waals surface area contributed by atoms with E-state index in [1.54, 1.807) is 25.4 Å². The molecular formula is C17H23N5O3. The molecule has 1 amide bonds. The van der Waals surface area contributed by atoms with Crippen molar-refractivity contribution >= 4 is 11.9 Å². The van der Waals surface area contributed by atoms with Crippen LogP contribution in [0.1, 0.15) is 48.0 Å². The summed E-state index contributed by atoms with van der Waals surface area (Å²) < 4.78 is 5.15. The van der Waals surface area contributed by atoms with Crippen LogP contribution in [0.2, 0.25) is 0 Å². The van der Waals surface area contributed by atoms with E-state index in [9.17, 15) is 9.90 Å². The lowest BCUT2D eigenvalue weighted by Gasteiger charge is -2.23. The van der Waals surface area contributed by atoms with Gasteiger partial charge in [-0.2, -0.15) is 0 Å². The highest BCUT2D eigenvalue weighted by molar-refractivity contribution is 5.96. The third-order valence-electron chi connectivity index (χ3n) is 4.41. The van der Waals surface area contributed by atoms with Crippen molar-refractivity contribution in [1.29, 1.82) is 0 Å². The van der Waals surface area contributed by atoms with E-state index in [4.69, 9.17) is 4.52 Å². The van der Waals surface area contributed by atoms with E-state index in [0.717, 1.165) is 0 Å². The highest BCUT2D eigenvalue weighted by Crippen LogP contribution is 2.25. The van der Waals surface area contributed by atoms with Gasteiger partial charge in [-0.3, -0.25) is 4.79 Å². The van der Waals surface area contributed by atoms with Crippen LogP contribution in [0, 0.1) is 6.92 Å². The van der Waals surface area contributed by atoms with Gasteiger partial charge in [-0.15, -0.1) is 0 Å². The van der Waals surface area contributed by atoms with E-state index in [1.165, 1.54) is 0 Å². The minimum Gasteiger partial charge on any atom is -0.386 e. The van der Waals surface area contributed by atoms with Crippen LogP contribution in [0.3, 0.4) is 0 Å². The van der Waals surface area contributed by atoms with Crippen LogP contribution in [0.4, 0.5) is 5.95 Å². The molecule has 8 heteroatoms. The highest BCUT2D eigenvalue weighted by atomic mass is 16.5. The Morgan fingerprint density at radius 2 is 2.16 bits per heavy atom. The van der Waals surface area contributed by atoms with E-state index in [-0.39, 0.29) is 18.4 Å². The molecule has 1 aliphatic rings. The van der Waals surface area contributed by atoms with Crippen LogP contribution in [-0.4, -0.2) is 51.4 Å². The zero-order chi connectivity index (χ0) is 18.0. The molecule has 1 atom stereocenters. The molecule has 3 heterocycles. The Labute approximate surface area is 146 Å². The number of hydrogen-bond acceptors (Lipinski definition) is 7. The molecule has 1 saturated heterocycles. The molecule has 8 nitrogen and oxygen atoms in total. The average Bonchev–Trinajstić information content (AvgIpc) is 3.17. The molecular weight excluding hydrogens is 322 g/mol. The molecule has 2 aromatic heterocycles. The molecule has 25 heavy (non-hydrogen) atoms. The van der Waals surface area contributed by atoms with Gasteiger partial charge in [-0.25, -0.2) is 9.97 Å². The summed E-state index contributed by atoms with van der Waals surface area (Å²) in [5.74, 6) is 0.879. The molecule has 0 saturated carbocycles. The second kappa shape index (κ2) is 6.79. The van der Waals surface area contributed by atoms with Gasteiger partial charge < -0.3 is 19.8 Å². The van der Waals surface area contributed by atoms with Gasteiger partial charge in [0.15, 0.2) is 0 Å². The molecule has 1 fully saturated rings. The fourth-order valence-electron chi connectivity index (χ4n) is 3.02. The summed E-state index contributed by atoms with van der Waals surface area (Å²) in [6.07, 6.45) is 3.87. The van der Waals surface area contributed by atoms with Crippen LogP contribution in [0.25, 0.3) is 0 Å². The van der Waals surface area contributed by atoms with E-state index in [2.05, 4.69) is 20.4 Å². The summed E-state index contributed by atoms with van der Waals surface area (Å²) in [6.45, 7) is 6.79. The minimum atomic E-state index is -1.02. The predicted molar refractivity (Wildman–Crippen MR) is 91.5 cm³/mol. The number of aromatic nitrogens is 3. The standard InChI is InChI=1S/C17H23N5O3/c1-11(2)14-13(12(3)25-21-14)15(23)20-9-17(24)5-8-22(10-17)16-18-6-4-7-19-16/h4,6-7,11,24H,5,8-10H2,1-3H3,(H,20,23)/t17-/m0/s1. The van der Waals surface area contributed by atoms with Crippen molar-refractivity contribution in [3.63, 3.8) is 0 Å². The Kier molecular flexibility index (Phi) is 4.71. The van der Waals surface area contributed by atoms with Gasteiger partial charge in [0, 0.05) is 25.5 Å². The molecule has 0 radical (unpaired) electrons. The maximum absolute atomic E-state index is 12.5. The highest BCUT2D eigenvalue weighted by Gasteiger charge is 2.38. The van der Waals surface area contributed by atoms with Crippen molar-refractivity contribution in [3.05, 3.63) is 35.5 Å². The zero-order valence-corrected chi connectivity index (χ0v) is 14.7. The van der Waals surface area contributed by atoms with Crippen molar-refractivity contribution in [1.82, 2.24) is 20.4 Å². The topological polar surface area (TPSA) is 104 Å². The first-order valence-corrected chi connectivity index (χ1v) is 8.38. The molecule has 134 valence electrons. The molecule has 0 spiro atoms. The molecule has 0 bridgehead atoms. The SMILES string of the molecule is Cc1onc(C(C)C)c1C(=O)NC[C@@]1(O)CCN(c2ncccn2)C1. The maximum atomic E-state index is 12.5. The van der Waals surface area contributed by atoms with Crippen molar-refractivity contribution in [2.24, 2.45) is 0 Å². The number of carbonyl (C=O) groups is 1. The number of rotatable bonds is 5. The predicted octanol–water partition coefficient (Wildman–Crippen LogP) is 1.27. The molecule has 2 N–H and O–H groups in total. The monoisotopic (exact) mass is 345 g/mol. The summed E-state index contributed by atoms with van der Waals surface area (Å²) in [5, 5.41) is 17.5. The quantitative estimate of drug-likeness (QED) is 0.841. The lowest BCUT2D eigenvalue weighted by molar-refractivity contribution is 0.0574. The second-order valence-electron chi connectivity index (χ2n) is 6.78. The van der Waals surface area contributed by atoms with Crippen LogP contribution in [0.5, 0.6) is 0 Å². The number of nitrogens with zero attached hydrogens (tertiary/aromatic N) is 4. The summed E-state index contributed by atoms with van der Waals surface area (Å²) in [6, 6.07) is 1.75. The van der Waals surface area contributed by atoms with Gasteiger partial charge >= 0.3 is 0 Å². The van der Waals surface area contributed by atoms with Gasteiger partial charge in [0.25, 0.3) is 5.91 Å². The number of amides is 1. The van der Waals surface area contributed by atoms with Gasteiger partial charge in [0.1, 0.15) is 16.9 Å². The fraction of sp³-hybridized carbons (Fsp3) is 0.529. The maximum Gasteiger partial charge on any atom is 0.256 e. The number of nitrogens with one attached hydrogen (secondary N) is 1. The number of anilines is 1. The molecule has 3 rings (SSSR count). The zero-order valence-electron chi connectivity index (χ0n) is 14.7. The Balaban J connectivity index is 1.64. The van der Waals surface area contributed by atoms with Gasteiger partial charge in [0.2, 0.25) is 5.95 Å². The lowest BCUT2D eigenvalue weighted by atomic mass is 10.0. The largest absolute Gasteiger partial charge is 0.386 e. The Hall–Kier alpha value is -2.48. The first-order valence-electron chi connectivity index (χ1n) is 8.38. The smallest absolute Gasteiger partial charge is 0.256 e. The Morgan fingerprint density at radius 3 is 2.84 bits per heavy atom. The van der Waals surface area contributed by atoms with Crippen molar-refractivity contribution in [2.75, 3.05) is 24.5 Å². The van der Waals surface area contributed by atoms with Crippen LogP contribution >= 0.6 is 0 Å². The number of carbonyl (C=O) groups excluding carboxylic acids is 1.